The number of amides is 1. The van der Waals surface area contributed by atoms with E-state index < -0.39 is 0 Å². The van der Waals surface area contributed by atoms with E-state index in [-0.39, 0.29) is 11.4 Å². The Kier molecular flexibility index (Phi) is 3.84. The second-order valence-electron chi connectivity index (χ2n) is 7.00. The summed E-state index contributed by atoms with van der Waals surface area (Å²) in [7, 11) is 0. The SMILES string of the molecule is CC(=O)N(C[C@H]1C[C@H]1C1CC=CCC1)C(C)(C)C. The van der Waals surface area contributed by atoms with Crippen molar-refractivity contribution in [1.29, 1.82) is 0 Å². The topological polar surface area (TPSA) is 20.3 Å². The highest BCUT2D eigenvalue weighted by Crippen LogP contribution is 2.49. The monoisotopic (exact) mass is 249 g/mol. The van der Waals surface area contributed by atoms with E-state index >= 15 is 0 Å². The summed E-state index contributed by atoms with van der Waals surface area (Å²) in [5, 5.41) is 0. The molecular weight excluding hydrogens is 222 g/mol. The van der Waals surface area contributed by atoms with E-state index in [4.69, 9.17) is 0 Å². The molecule has 18 heavy (non-hydrogen) atoms. The lowest BCUT2D eigenvalue weighted by atomic mass is 9.89. The molecule has 2 aliphatic rings. The Balaban J connectivity index is 1.87. The quantitative estimate of drug-likeness (QED) is 0.699. The van der Waals surface area contributed by atoms with E-state index in [1.807, 2.05) is 0 Å². The first-order valence-corrected chi connectivity index (χ1v) is 7.33. The first-order valence-electron chi connectivity index (χ1n) is 7.33. The molecule has 0 N–H and O–H groups in total. The molecule has 2 nitrogen and oxygen atoms in total. The van der Waals surface area contributed by atoms with Gasteiger partial charge in [-0.25, -0.2) is 0 Å². The maximum absolute atomic E-state index is 11.8. The maximum Gasteiger partial charge on any atom is 0.219 e. The van der Waals surface area contributed by atoms with Gasteiger partial charge >= 0.3 is 0 Å². The lowest BCUT2D eigenvalue weighted by Gasteiger charge is -2.35. The van der Waals surface area contributed by atoms with Crippen molar-refractivity contribution in [3.05, 3.63) is 12.2 Å². The van der Waals surface area contributed by atoms with Gasteiger partial charge in [0.1, 0.15) is 0 Å². The van der Waals surface area contributed by atoms with Crippen LogP contribution < -0.4 is 0 Å². The fourth-order valence-electron chi connectivity index (χ4n) is 3.37. The van der Waals surface area contributed by atoms with Crippen molar-refractivity contribution in [3.8, 4) is 0 Å². The van der Waals surface area contributed by atoms with Crippen molar-refractivity contribution in [2.24, 2.45) is 17.8 Å². The van der Waals surface area contributed by atoms with Gasteiger partial charge in [0, 0.05) is 19.0 Å². The molecule has 0 heterocycles. The summed E-state index contributed by atoms with van der Waals surface area (Å²) in [4.78, 5) is 13.8. The second kappa shape index (κ2) is 5.07. The molecule has 0 aromatic heterocycles. The van der Waals surface area contributed by atoms with Gasteiger partial charge in [-0.3, -0.25) is 4.79 Å². The molecular formula is C16H27NO. The van der Waals surface area contributed by atoms with Crippen molar-refractivity contribution in [2.75, 3.05) is 6.54 Å². The van der Waals surface area contributed by atoms with E-state index in [2.05, 4.69) is 37.8 Å². The molecule has 0 saturated heterocycles. The predicted molar refractivity (Wildman–Crippen MR) is 75.2 cm³/mol. The second-order valence-corrected chi connectivity index (χ2v) is 7.00. The average Bonchev–Trinajstić information content (AvgIpc) is 3.04. The highest BCUT2D eigenvalue weighted by molar-refractivity contribution is 5.74. The van der Waals surface area contributed by atoms with Crippen LogP contribution in [-0.4, -0.2) is 22.9 Å². The molecule has 2 rings (SSSR count). The summed E-state index contributed by atoms with van der Waals surface area (Å²) < 4.78 is 0. The Morgan fingerprint density at radius 2 is 2.06 bits per heavy atom. The van der Waals surface area contributed by atoms with Gasteiger partial charge in [-0.15, -0.1) is 0 Å². The fraction of sp³-hybridized carbons (Fsp3) is 0.812. The molecule has 0 aromatic carbocycles. The molecule has 0 aliphatic heterocycles. The number of hydrogen-bond donors (Lipinski definition) is 0. The molecule has 1 fully saturated rings. The van der Waals surface area contributed by atoms with E-state index in [9.17, 15) is 4.79 Å². The van der Waals surface area contributed by atoms with Crippen molar-refractivity contribution < 1.29 is 4.79 Å². The molecule has 1 amide bonds. The molecule has 0 bridgehead atoms. The predicted octanol–water partition coefficient (Wildman–Crippen LogP) is 3.63. The van der Waals surface area contributed by atoms with Crippen molar-refractivity contribution in [3.63, 3.8) is 0 Å². The minimum absolute atomic E-state index is 0.0363. The zero-order chi connectivity index (χ0) is 13.3. The standard InChI is InChI=1S/C16H27NO/c1-12(18)17(16(2,3)4)11-14-10-15(14)13-8-6-5-7-9-13/h5-6,13-15H,7-11H2,1-4H3/t13?,14-,15+/m1/s1. The van der Waals surface area contributed by atoms with Crippen molar-refractivity contribution in [2.45, 2.75) is 58.9 Å². The zero-order valence-corrected chi connectivity index (χ0v) is 12.3. The molecule has 0 aromatic rings. The Morgan fingerprint density at radius 3 is 2.56 bits per heavy atom. The number of allylic oxidation sites excluding steroid dienone is 2. The van der Waals surface area contributed by atoms with Crippen LogP contribution in [0.1, 0.15) is 53.4 Å². The molecule has 3 atom stereocenters. The van der Waals surface area contributed by atoms with Gasteiger partial charge in [0.15, 0.2) is 0 Å². The molecule has 2 aliphatic carbocycles. The van der Waals surface area contributed by atoms with Crippen LogP contribution in [0.5, 0.6) is 0 Å². The minimum Gasteiger partial charge on any atom is -0.338 e. The Morgan fingerprint density at radius 1 is 1.33 bits per heavy atom. The third-order valence-electron chi connectivity index (χ3n) is 4.50. The average molecular weight is 249 g/mol. The molecule has 1 unspecified atom stereocenters. The zero-order valence-electron chi connectivity index (χ0n) is 12.3. The normalized spacial score (nSPS) is 31.2. The lowest BCUT2D eigenvalue weighted by molar-refractivity contribution is -0.133. The van der Waals surface area contributed by atoms with E-state index in [1.165, 1.54) is 25.7 Å². The van der Waals surface area contributed by atoms with E-state index in [1.54, 1.807) is 6.92 Å². The largest absolute Gasteiger partial charge is 0.338 e. The Bertz CT molecular complexity index is 339. The summed E-state index contributed by atoms with van der Waals surface area (Å²) in [6, 6.07) is 0. The van der Waals surface area contributed by atoms with Crippen LogP contribution in [0.2, 0.25) is 0 Å². The molecule has 102 valence electrons. The summed E-state index contributed by atoms with van der Waals surface area (Å²) in [5.74, 6) is 2.73. The molecule has 1 saturated carbocycles. The van der Waals surface area contributed by atoms with Gasteiger partial charge in [-0.05, 0) is 64.2 Å². The number of rotatable bonds is 3. The van der Waals surface area contributed by atoms with Gasteiger partial charge in [0.05, 0.1) is 0 Å². The van der Waals surface area contributed by atoms with Gasteiger partial charge in [-0.2, -0.15) is 0 Å². The number of nitrogens with zero attached hydrogens (tertiary/aromatic N) is 1. The first kappa shape index (κ1) is 13.6. The van der Waals surface area contributed by atoms with E-state index in [0.29, 0.717) is 0 Å². The summed E-state index contributed by atoms with van der Waals surface area (Å²) in [6.45, 7) is 9.06. The van der Waals surface area contributed by atoms with Crippen LogP contribution in [0.15, 0.2) is 12.2 Å². The summed E-state index contributed by atoms with van der Waals surface area (Å²) in [6.07, 6.45) is 9.85. The maximum atomic E-state index is 11.8. The van der Waals surface area contributed by atoms with Crippen LogP contribution in [-0.2, 0) is 4.79 Å². The van der Waals surface area contributed by atoms with Crippen molar-refractivity contribution >= 4 is 5.91 Å². The summed E-state index contributed by atoms with van der Waals surface area (Å²) in [5.41, 5.74) is -0.0363. The van der Waals surface area contributed by atoms with Crippen LogP contribution in [0.3, 0.4) is 0 Å². The highest BCUT2D eigenvalue weighted by atomic mass is 16.2. The number of carbonyl (C=O) groups is 1. The Labute approximate surface area is 111 Å². The third-order valence-corrected chi connectivity index (χ3v) is 4.50. The third kappa shape index (κ3) is 3.15. The number of hydrogen-bond acceptors (Lipinski definition) is 1. The Hall–Kier alpha value is -0.790. The van der Waals surface area contributed by atoms with Crippen molar-refractivity contribution in [1.82, 2.24) is 4.90 Å². The van der Waals surface area contributed by atoms with Crippen LogP contribution in [0, 0.1) is 17.8 Å². The smallest absolute Gasteiger partial charge is 0.219 e. The summed E-state index contributed by atoms with van der Waals surface area (Å²) >= 11 is 0. The van der Waals surface area contributed by atoms with Crippen LogP contribution in [0.25, 0.3) is 0 Å². The van der Waals surface area contributed by atoms with Gasteiger partial charge in [0.2, 0.25) is 5.91 Å². The van der Waals surface area contributed by atoms with Crippen LogP contribution >= 0.6 is 0 Å². The minimum atomic E-state index is -0.0363. The molecule has 0 spiro atoms. The van der Waals surface area contributed by atoms with Gasteiger partial charge in [0.25, 0.3) is 0 Å². The first-order chi connectivity index (χ1) is 8.39. The number of carbonyl (C=O) groups excluding carboxylic acids is 1. The van der Waals surface area contributed by atoms with Crippen LogP contribution in [0.4, 0.5) is 0 Å². The molecule has 0 radical (unpaired) electrons. The highest BCUT2D eigenvalue weighted by Gasteiger charge is 2.44. The lowest BCUT2D eigenvalue weighted by Crippen LogP contribution is -2.45. The fourth-order valence-corrected chi connectivity index (χ4v) is 3.37. The molecule has 2 heteroatoms. The van der Waals surface area contributed by atoms with Gasteiger partial charge < -0.3 is 4.90 Å². The van der Waals surface area contributed by atoms with Gasteiger partial charge in [-0.1, -0.05) is 12.2 Å². The van der Waals surface area contributed by atoms with E-state index in [0.717, 1.165) is 24.3 Å².